The molecule has 5 heteroatoms. The van der Waals surface area contributed by atoms with Crippen molar-refractivity contribution in [3.05, 3.63) is 0 Å². The van der Waals surface area contributed by atoms with Gasteiger partial charge in [-0.25, -0.2) is 0 Å². The van der Waals surface area contributed by atoms with Gasteiger partial charge in [0.25, 0.3) is 0 Å². The van der Waals surface area contributed by atoms with Crippen LogP contribution in [0.15, 0.2) is 0 Å². The van der Waals surface area contributed by atoms with Crippen LogP contribution in [0, 0.1) is 24.6 Å². The standard InChI is InChI=1S/4He.Ti. The summed E-state index contributed by atoms with van der Waals surface area (Å²) >= 11 is 0. The average Bonchev–Trinajstić information content (AvgIpc) is 0. The van der Waals surface area contributed by atoms with E-state index >= 15 is 0 Å². The summed E-state index contributed by atoms with van der Waals surface area (Å²) in [6.07, 6.45) is 0. The Balaban J connectivity index is 0. The van der Waals surface area contributed by atoms with Crippen molar-refractivity contribution in [2.24, 2.45) is 0 Å². The molecule has 0 aliphatic carbocycles. The summed E-state index contributed by atoms with van der Waals surface area (Å²) < 4.78 is 0. The summed E-state index contributed by atoms with van der Waals surface area (Å²) in [4.78, 5) is 0. The summed E-state index contributed by atoms with van der Waals surface area (Å²) in [7, 11) is 0. The molecule has 12 valence electrons. The van der Waals surface area contributed by atoms with Gasteiger partial charge in [0.1, 0.15) is 0 Å². The molecular formula is He4Ti. The number of hydrogen-bond donors (Lipinski definition) is 0. The molecule has 0 aromatic rings. The van der Waals surface area contributed by atoms with Crippen LogP contribution in [0.3, 0.4) is 0 Å². The molecule has 0 rings (SSSR count). The monoisotopic (exact) mass is 64.0 g/mol. The zero-order valence-electron chi connectivity index (χ0n) is 3.33. The van der Waals surface area contributed by atoms with Crippen LogP contribution < -0.4 is 0 Å². The first-order valence-corrected chi connectivity index (χ1v) is 0. The molecule has 0 saturated heterocycles. The Morgan fingerprint density at radius 1 is 0.400 bits per heavy atom. The maximum atomic E-state index is 0. The zero-order chi connectivity index (χ0) is 0. The molecule has 5 heavy (non-hydrogen) atoms. The van der Waals surface area contributed by atoms with Gasteiger partial charge in [-0.2, -0.15) is 0 Å². The van der Waals surface area contributed by atoms with Crippen LogP contribution in [0.5, 0.6) is 0 Å². The first kappa shape index (κ1) is 824. The van der Waals surface area contributed by atoms with Gasteiger partial charge in [-0.15, -0.1) is 0 Å². The zero-order valence-corrected chi connectivity index (χ0v) is 4.89. The molecule has 0 spiro atoms. The van der Waals surface area contributed by atoms with E-state index in [9.17, 15) is 0 Å². The summed E-state index contributed by atoms with van der Waals surface area (Å²) in [5.41, 5.74) is 0. The smallest absolute Gasteiger partial charge is 0 e. The van der Waals surface area contributed by atoms with E-state index in [-0.39, 0.29) is 46.3 Å². The normalized spacial score (nSPS) is 0. The largest absolute Gasteiger partial charge is 0 e. The molecule has 0 aliphatic heterocycles. The second-order valence-corrected chi connectivity index (χ2v) is 0. The van der Waals surface area contributed by atoms with Gasteiger partial charge >= 0.3 is 0 Å². The van der Waals surface area contributed by atoms with E-state index in [2.05, 4.69) is 0 Å². The van der Waals surface area contributed by atoms with Gasteiger partial charge in [0.15, 0.2) is 0 Å². The van der Waals surface area contributed by atoms with Gasteiger partial charge in [0.05, 0.1) is 0 Å². The van der Waals surface area contributed by atoms with Crippen LogP contribution in [0.4, 0.5) is 0 Å². The fourth-order valence-corrected chi connectivity index (χ4v) is 0. The molecule has 0 aliphatic rings. The third kappa shape index (κ3) is 196. The summed E-state index contributed by atoms with van der Waals surface area (Å²) in [5, 5.41) is 0. The summed E-state index contributed by atoms with van der Waals surface area (Å²) in [6.45, 7) is 0. The predicted molar refractivity (Wildman–Crippen MR) is 0 cm³/mol. The molecule has 0 amide bonds. The van der Waals surface area contributed by atoms with E-state index in [1.165, 1.54) is 0 Å². The molecule has 0 bridgehead atoms. The van der Waals surface area contributed by atoms with Crippen LogP contribution >= 0.6 is 0 Å². The molecule has 0 heterocycles. The fraction of sp³-hybridized carbons (Fsp3) is 0. The topological polar surface area (TPSA) is 0 Å². The van der Waals surface area contributed by atoms with Crippen LogP contribution in [0.2, 0.25) is 0 Å². The van der Waals surface area contributed by atoms with E-state index in [0.717, 1.165) is 0 Å². The molecule has 0 fully saturated rings. The minimum absolute atomic E-state index is 0. The quantitative estimate of drug-likeness (QED) is 0.348. The molecule has 0 atom stereocenters. The van der Waals surface area contributed by atoms with Crippen molar-refractivity contribution in [2.45, 2.75) is 0 Å². The van der Waals surface area contributed by atoms with Crippen molar-refractivity contribution in [3.63, 3.8) is 0 Å². The molecular weight excluding hydrogens is 63.9 g/mol. The molecule has 0 unspecified atom stereocenters. The van der Waals surface area contributed by atoms with Crippen molar-refractivity contribution in [1.82, 2.24) is 0 Å². The Hall–Kier alpha value is 0.351. The van der Waals surface area contributed by atoms with Crippen LogP contribution in [0.1, 0.15) is 0 Å². The summed E-state index contributed by atoms with van der Waals surface area (Å²) in [5.74, 6) is 0. The van der Waals surface area contributed by atoms with Gasteiger partial charge in [0, 0.05) is 46.3 Å². The third-order valence-corrected chi connectivity index (χ3v) is 0. The van der Waals surface area contributed by atoms with Crippen molar-refractivity contribution in [1.29, 1.82) is 0 Å². The average molecular weight is 63.9 g/mol. The van der Waals surface area contributed by atoms with Crippen LogP contribution in [0.25, 0.3) is 0 Å². The maximum absolute atomic E-state index is 0. The minimum atomic E-state index is 0. The molecule has 0 radical (unpaired) electrons. The van der Waals surface area contributed by atoms with Crippen molar-refractivity contribution < 1.29 is 46.3 Å². The van der Waals surface area contributed by atoms with E-state index in [0.29, 0.717) is 0 Å². The number of rotatable bonds is 0. The SMILES string of the molecule is [He].[He].[He].[He].[Ti]. The second kappa shape index (κ2) is 397. The Morgan fingerprint density at radius 3 is 0.400 bits per heavy atom. The third-order valence-electron chi connectivity index (χ3n) is 0. The Labute approximate surface area is 46.9 Å². The van der Waals surface area contributed by atoms with E-state index in [4.69, 9.17) is 0 Å². The number of hydrogen-bond acceptors (Lipinski definition) is 0. The van der Waals surface area contributed by atoms with Crippen LogP contribution in [-0.2, 0) is 21.7 Å². The molecule has 0 nitrogen and oxygen atoms in total. The van der Waals surface area contributed by atoms with Gasteiger partial charge in [-0.05, 0) is 0 Å². The van der Waals surface area contributed by atoms with E-state index < -0.39 is 0 Å². The first-order chi connectivity index (χ1) is 0. The Kier molecular flexibility index (Phi) is 65400. The maximum Gasteiger partial charge on any atom is 0 e. The van der Waals surface area contributed by atoms with Crippen molar-refractivity contribution >= 4 is 0 Å². The molecule has 0 aromatic carbocycles. The molecule has 0 saturated carbocycles. The van der Waals surface area contributed by atoms with E-state index in [1.54, 1.807) is 0 Å². The fourth-order valence-electron chi connectivity index (χ4n) is 0. The van der Waals surface area contributed by atoms with Crippen molar-refractivity contribution in [2.75, 3.05) is 0 Å². The van der Waals surface area contributed by atoms with Gasteiger partial charge in [-0.1, -0.05) is 0 Å². The Morgan fingerprint density at radius 2 is 0.400 bits per heavy atom. The van der Waals surface area contributed by atoms with Crippen LogP contribution in [-0.4, -0.2) is 0 Å². The minimum Gasteiger partial charge on any atom is 0 e. The first-order valence-electron chi connectivity index (χ1n) is 0. The van der Waals surface area contributed by atoms with E-state index in [1.807, 2.05) is 0 Å². The molecule has 0 aromatic heterocycles. The van der Waals surface area contributed by atoms with Gasteiger partial charge in [0.2, 0.25) is 0 Å². The van der Waals surface area contributed by atoms with Crippen molar-refractivity contribution in [3.8, 4) is 0 Å². The predicted octanol–water partition coefficient (Wildman–Crippen LogP) is -0.00250. The second-order valence-electron chi connectivity index (χ2n) is 0. The summed E-state index contributed by atoms with van der Waals surface area (Å²) in [6, 6.07) is 0. The van der Waals surface area contributed by atoms with Gasteiger partial charge < -0.3 is 0 Å². The molecule has 0 N–H and O–H groups in total. The van der Waals surface area contributed by atoms with Gasteiger partial charge in [-0.3, -0.25) is 0 Å². The Bertz CT molecular complexity index is 3.61.